The topological polar surface area (TPSA) is 31.4 Å². The predicted octanol–water partition coefficient (Wildman–Crippen LogP) is 5.87. The molecule has 3 nitrogen and oxygen atoms in total. The fourth-order valence-electron chi connectivity index (χ4n) is 4.79. The molecule has 1 unspecified atom stereocenters. The van der Waals surface area contributed by atoms with Gasteiger partial charge in [0.15, 0.2) is 0 Å². The summed E-state index contributed by atoms with van der Waals surface area (Å²) in [7, 11) is 0. The number of pyridine rings is 1. The van der Waals surface area contributed by atoms with Crippen molar-refractivity contribution in [3.8, 4) is 34.1 Å². The van der Waals surface area contributed by atoms with Crippen molar-refractivity contribution in [2.45, 2.75) is 0 Å². The lowest BCUT2D eigenvalue weighted by molar-refractivity contribution is 0.467. The Bertz CT molecular complexity index is 1610. The number of hydrogen-bond acceptors (Lipinski definition) is 4. The average molecular weight is 449 g/mol. The molecule has 7 rings (SSSR count). The number of fused-ring (bicyclic) bond motifs is 5. The summed E-state index contributed by atoms with van der Waals surface area (Å²) >= 11 is 6.60. The molecule has 0 saturated carbocycles. The molecule has 2 aliphatic rings. The summed E-state index contributed by atoms with van der Waals surface area (Å²) < 4.78 is 13.0. The maximum absolute atomic E-state index is 6.60. The van der Waals surface area contributed by atoms with Crippen LogP contribution in [0.5, 0.6) is 23.0 Å². The lowest BCUT2D eigenvalue weighted by Crippen LogP contribution is -2.35. The van der Waals surface area contributed by atoms with Crippen molar-refractivity contribution in [3.63, 3.8) is 0 Å². The molecule has 152 valence electrons. The first-order valence-corrected chi connectivity index (χ1v) is 13.2. The standard InChI is InChI=1S/C27H16NO2PS/c32-31-24-11-5-3-9-21(24)29-23-14-13-19(17-15-16-28-20-8-2-1-7-18(17)20)26(27(23)31)30-22-10-4-6-12-25(22)31/h1-16H. The molecule has 5 heteroatoms. The van der Waals surface area contributed by atoms with Crippen LogP contribution in [-0.4, -0.2) is 4.98 Å². The quantitative estimate of drug-likeness (QED) is 0.294. The van der Waals surface area contributed by atoms with Crippen molar-refractivity contribution < 1.29 is 9.47 Å². The molecule has 0 spiro atoms. The van der Waals surface area contributed by atoms with Crippen LogP contribution in [0.15, 0.2) is 97.2 Å². The Morgan fingerprint density at radius 3 is 2.12 bits per heavy atom. The van der Waals surface area contributed by atoms with E-state index in [1.54, 1.807) is 0 Å². The second-order valence-electron chi connectivity index (χ2n) is 7.91. The Morgan fingerprint density at radius 2 is 1.31 bits per heavy atom. The van der Waals surface area contributed by atoms with Crippen molar-refractivity contribution in [2.75, 3.05) is 0 Å². The van der Waals surface area contributed by atoms with E-state index in [-0.39, 0.29) is 0 Å². The SMILES string of the molecule is S=P12c3ccccc3Oc3ccc(-c4ccnc5ccccc45)c(c31)Oc1ccccc12. The van der Waals surface area contributed by atoms with Crippen LogP contribution in [-0.2, 0) is 11.8 Å². The Morgan fingerprint density at radius 1 is 0.625 bits per heavy atom. The minimum Gasteiger partial charge on any atom is -0.456 e. The van der Waals surface area contributed by atoms with Crippen LogP contribution in [0.1, 0.15) is 0 Å². The van der Waals surface area contributed by atoms with E-state index >= 15 is 0 Å². The Labute approximate surface area is 190 Å². The van der Waals surface area contributed by atoms with E-state index in [4.69, 9.17) is 21.3 Å². The summed E-state index contributed by atoms with van der Waals surface area (Å²) in [6.07, 6.45) is 1.85. The molecular formula is C27H16NO2PS. The Hall–Kier alpha value is -3.46. The van der Waals surface area contributed by atoms with Gasteiger partial charge < -0.3 is 9.47 Å². The highest BCUT2D eigenvalue weighted by atomic mass is 32.4. The first-order chi connectivity index (χ1) is 15.7. The zero-order valence-corrected chi connectivity index (χ0v) is 18.6. The zero-order chi connectivity index (χ0) is 21.3. The molecule has 0 radical (unpaired) electrons. The van der Waals surface area contributed by atoms with E-state index < -0.39 is 6.04 Å². The molecule has 1 atom stereocenters. The number of ether oxygens (including phenoxy) is 2. The molecule has 4 aromatic carbocycles. The maximum Gasteiger partial charge on any atom is 0.148 e. The molecule has 0 N–H and O–H groups in total. The third-order valence-corrected chi connectivity index (χ3v) is 11.1. The van der Waals surface area contributed by atoms with Gasteiger partial charge >= 0.3 is 0 Å². The highest BCUT2D eigenvalue weighted by Crippen LogP contribution is 2.60. The highest BCUT2D eigenvalue weighted by Gasteiger charge is 2.43. The first kappa shape index (κ1) is 18.1. The number of rotatable bonds is 1. The maximum atomic E-state index is 6.60. The van der Waals surface area contributed by atoms with Gasteiger partial charge in [0.1, 0.15) is 23.0 Å². The molecule has 32 heavy (non-hydrogen) atoms. The summed E-state index contributed by atoms with van der Waals surface area (Å²) in [5.41, 5.74) is 3.04. The lowest BCUT2D eigenvalue weighted by atomic mass is 10.00. The second kappa shape index (κ2) is 6.52. The highest BCUT2D eigenvalue weighted by molar-refractivity contribution is 8.26. The van der Waals surface area contributed by atoms with Gasteiger partial charge in [0, 0.05) is 27.8 Å². The molecule has 0 aliphatic carbocycles. The van der Waals surface area contributed by atoms with E-state index in [1.165, 1.54) is 0 Å². The van der Waals surface area contributed by atoms with Crippen molar-refractivity contribution in [1.82, 2.24) is 4.98 Å². The molecule has 1 aromatic heterocycles. The van der Waals surface area contributed by atoms with Crippen LogP contribution in [0, 0.1) is 0 Å². The van der Waals surface area contributed by atoms with Crippen LogP contribution in [0.25, 0.3) is 22.0 Å². The zero-order valence-electron chi connectivity index (χ0n) is 16.9. The van der Waals surface area contributed by atoms with E-state index in [2.05, 4.69) is 29.2 Å². The number of hydrogen-bond donors (Lipinski definition) is 0. The fraction of sp³-hybridized carbons (Fsp3) is 0. The molecule has 5 aromatic rings. The molecule has 2 aliphatic heterocycles. The van der Waals surface area contributed by atoms with Crippen molar-refractivity contribution in [3.05, 3.63) is 97.2 Å². The number of para-hydroxylation sites is 3. The van der Waals surface area contributed by atoms with Gasteiger partial charge in [0.2, 0.25) is 0 Å². The van der Waals surface area contributed by atoms with Crippen molar-refractivity contribution in [2.24, 2.45) is 0 Å². The third kappa shape index (κ3) is 2.31. The van der Waals surface area contributed by atoms with Crippen molar-refractivity contribution >= 4 is 44.7 Å². The van der Waals surface area contributed by atoms with Crippen molar-refractivity contribution in [1.29, 1.82) is 0 Å². The Balaban J connectivity index is 1.61. The minimum atomic E-state index is -2.36. The largest absolute Gasteiger partial charge is 0.456 e. The molecule has 0 bridgehead atoms. The van der Waals surface area contributed by atoms with Gasteiger partial charge in [-0.25, -0.2) is 0 Å². The van der Waals surface area contributed by atoms with Crippen LogP contribution in [0.4, 0.5) is 0 Å². The van der Waals surface area contributed by atoms with E-state index in [1.807, 2.05) is 72.9 Å². The number of aromatic nitrogens is 1. The first-order valence-electron chi connectivity index (χ1n) is 10.4. The fourth-order valence-corrected chi connectivity index (χ4v) is 9.29. The van der Waals surface area contributed by atoms with E-state index in [0.29, 0.717) is 0 Å². The number of benzene rings is 4. The van der Waals surface area contributed by atoms with Gasteiger partial charge in [-0.1, -0.05) is 54.3 Å². The van der Waals surface area contributed by atoms with Crippen LogP contribution >= 0.6 is 6.04 Å². The summed E-state index contributed by atoms with van der Waals surface area (Å²) in [6, 6.07) is 28.3. The van der Waals surface area contributed by atoms with E-state index in [0.717, 1.165) is 60.9 Å². The average Bonchev–Trinajstić information content (AvgIpc) is 2.84. The third-order valence-electron chi connectivity index (χ3n) is 6.19. The molecule has 3 heterocycles. The van der Waals surface area contributed by atoms with Gasteiger partial charge in [-0.15, -0.1) is 0 Å². The van der Waals surface area contributed by atoms with Crippen LogP contribution < -0.4 is 25.4 Å². The monoisotopic (exact) mass is 449 g/mol. The molecule has 0 amide bonds. The van der Waals surface area contributed by atoms with Gasteiger partial charge in [0.25, 0.3) is 0 Å². The second-order valence-corrected chi connectivity index (χ2v) is 12.2. The van der Waals surface area contributed by atoms with Crippen LogP contribution in [0.3, 0.4) is 0 Å². The number of nitrogens with zero attached hydrogens (tertiary/aromatic N) is 1. The molecular weight excluding hydrogens is 433 g/mol. The van der Waals surface area contributed by atoms with Gasteiger partial charge in [-0.2, -0.15) is 0 Å². The summed E-state index contributed by atoms with van der Waals surface area (Å²) in [6.45, 7) is 0. The summed E-state index contributed by atoms with van der Waals surface area (Å²) in [5, 5.41) is 4.25. The predicted molar refractivity (Wildman–Crippen MR) is 133 cm³/mol. The smallest absolute Gasteiger partial charge is 0.148 e. The normalized spacial score (nSPS) is 17.5. The Kier molecular flexibility index (Phi) is 3.70. The molecule has 0 saturated heterocycles. The summed E-state index contributed by atoms with van der Waals surface area (Å²) in [5.74, 6) is 3.26. The van der Waals surface area contributed by atoms with E-state index in [9.17, 15) is 0 Å². The van der Waals surface area contributed by atoms with Crippen LogP contribution in [0.2, 0.25) is 0 Å². The minimum absolute atomic E-state index is 0.790. The molecule has 0 fully saturated rings. The van der Waals surface area contributed by atoms with Gasteiger partial charge in [0.05, 0.1) is 16.9 Å². The van der Waals surface area contributed by atoms with Gasteiger partial charge in [-0.05, 0) is 54.1 Å². The summed E-state index contributed by atoms with van der Waals surface area (Å²) in [4.78, 5) is 4.54. The lowest BCUT2D eigenvalue weighted by Gasteiger charge is -2.38. The van der Waals surface area contributed by atoms with Gasteiger partial charge in [-0.3, -0.25) is 4.98 Å².